The molecule has 0 unspecified atom stereocenters. The molecule has 0 bridgehead atoms. The molecular weight excluding hydrogens is 270 g/mol. The van der Waals surface area contributed by atoms with Crippen molar-refractivity contribution < 1.29 is 9.53 Å². The van der Waals surface area contributed by atoms with E-state index in [0.29, 0.717) is 5.82 Å². The van der Waals surface area contributed by atoms with Gasteiger partial charge in [0.25, 0.3) is 0 Å². The van der Waals surface area contributed by atoms with E-state index in [-0.39, 0.29) is 18.2 Å². The molecule has 7 heteroatoms. The summed E-state index contributed by atoms with van der Waals surface area (Å²) < 4.78 is 7.33. The maximum absolute atomic E-state index is 12.1. The molecule has 1 aliphatic rings. The third-order valence-electron chi connectivity index (χ3n) is 3.66. The number of nitrogens with zero attached hydrogens (tertiary/aromatic N) is 3. The monoisotopic (exact) mass is 287 g/mol. The number of hydrogen-bond donors (Lipinski definition) is 2. The van der Waals surface area contributed by atoms with E-state index in [4.69, 9.17) is 4.74 Å². The second-order valence-electron chi connectivity index (χ2n) is 5.08. The number of ether oxygens (including phenoxy) is 1. The number of hydrogen-bond acceptors (Lipinski definition) is 4. The minimum Gasteiger partial charge on any atom is -0.488 e. The van der Waals surface area contributed by atoms with E-state index in [1.807, 2.05) is 38.1 Å². The molecule has 0 fully saturated rings. The molecule has 0 saturated carbocycles. The molecule has 1 aromatic carbocycles. The van der Waals surface area contributed by atoms with Crippen molar-refractivity contribution in [3.63, 3.8) is 0 Å². The number of anilines is 1. The Labute approximate surface area is 122 Å². The van der Waals surface area contributed by atoms with Gasteiger partial charge in [0.2, 0.25) is 0 Å². The van der Waals surface area contributed by atoms with Crippen LogP contribution in [-0.4, -0.2) is 27.1 Å². The molecule has 21 heavy (non-hydrogen) atoms. The molecule has 0 saturated heterocycles. The Hall–Kier alpha value is -2.57. The molecule has 0 radical (unpaired) electrons. The number of aromatic nitrogens is 3. The van der Waals surface area contributed by atoms with E-state index in [0.717, 1.165) is 17.0 Å². The van der Waals surface area contributed by atoms with Gasteiger partial charge in [-0.15, -0.1) is 5.10 Å². The van der Waals surface area contributed by atoms with Gasteiger partial charge in [-0.2, -0.15) is 0 Å². The van der Waals surface area contributed by atoms with Crippen molar-refractivity contribution in [3.05, 3.63) is 35.5 Å². The summed E-state index contributed by atoms with van der Waals surface area (Å²) in [6.07, 6.45) is -0.115. The molecule has 2 aromatic rings. The molecule has 2 heterocycles. The second-order valence-corrected chi connectivity index (χ2v) is 5.08. The Morgan fingerprint density at radius 3 is 2.86 bits per heavy atom. The van der Waals surface area contributed by atoms with Crippen LogP contribution in [0.2, 0.25) is 0 Å². The summed E-state index contributed by atoms with van der Waals surface area (Å²) >= 11 is 0. The molecule has 1 aliphatic heterocycles. The first-order chi connectivity index (χ1) is 10.1. The summed E-state index contributed by atoms with van der Waals surface area (Å²) in [6.45, 7) is 3.77. The molecule has 2 amide bonds. The van der Waals surface area contributed by atoms with Gasteiger partial charge in [0.05, 0.1) is 11.7 Å². The van der Waals surface area contributed by atoms with Crippen LogP contribution in [0.5, 0.6) is 5.75 Å². The standard InChI is InChI=1S/C14H17N5O2/c1-8-13(17-18-19(8)3)16-14(20)15-12-9(2)21-11-7-5-4-6-10(11)12/h4-7,9,12H,1-3H3,(H2,15,16,20)/t9-,12+/m0/s1. The average Bonchev–Trinajstić information content (AvgIpc) is 2.94. The van der Waals surface area contributed by atoms with Crippen molar-refractivity contribution in [1.82, 2.24) is 20.3 Å². The summed E-state index contributed by atoms with van der Waals surface area (Å²) in [5.41, 5.74) is 1.78. The number of carbonyl (C=O) groups excluding carboxylic acids is 1. The Bertz CT molecular complexity index is 682. The van der Waals surface area contributed by atoms with Crippen LogP contribution in [-0.2, 0) is 7.05 Å². The van der Waals surface area contributed by atoms with Gasteiger partial charge in [-0.05, 0) is 19.9 Å². The SMILES string of the molecule is Cc1c(NC(=O)N[C@H]2c3ccccc3O[C@H]2C)nnn1C. The predicted octanol–water partition coefficient (Wildman–Crippen LogP) is 1.77. The van der Waals surface area contributed by atoms with E-state index in [1.165, 1.54) is 0 Å². The highest BCUT2D eigenvalue weighted by Gasteiger charge is 2.32. The lowest BCUT2D eigenvalue weighted by Gasteiger charge is -2.16. The minimum absolute atomic E-state index is 0.115. The number of urea groups is 1. The number of fused-ring (bicyclic) bond motifs is 1. The third-order valence-corrected chi connectivity index (χ3v) is 3.66. The van der Waals surface area contributed by atoms with E-state index >= 15 is 0 Å². The van der Waals surface area contributed by atoms with Gasteiger partial charge in [-0.1, -0.05) is 23.4 Å². The van der Waals surface area contributed by atoms with Gasteiger partial charge in [0.15, 0.2) is 5.82 Å². The normalized spacial score (nSPS) is 19.8. The molecule has 1 aromatic heterocycles. The fourth-order valence-electron chi connectivity index (χ4n) is 2.37. The maximum atomic E-state index is 12.1. The first kappa shape index (κ1) is 13.4. The topological polar surface area (TPSA) is 81.1 Å². The van der Waals surface area contributed by atoms with Crippen molar-refractivity contribution in [2.24, 2.45) is 7.05 Å². The van der Waals surface area contributed by atoms with Crippen LogP contribution >= 0.6 is 0 Å². The van der Waals surface area contributed by atoms with E-state index in [2.05, 4.69) is 20.9 Å². The molecule has 7 nitrogen and oxygen atoms in total. The number of nitrogens with one attached hydrogen (secondary N) is 2. The third kappa shape index (κ3) is 2.42. The molecule has 2 atom stereocenters. The molecule has 110 valence electrons. The number of aryl methyl sites for hydroxylation is 1. The summed E-state index contributed by atoms with van der Waals surface area (Å²) in [5.74, 6) is 1.26. The van der Waals surface area contributed by atoms with E-state index in [1.54, 1.807) is 11.7 Å². The van der Waals surface area contributed by atoms with Gasteiger partial charge < -0.3 is 10.1 Å². The van der Waals surface area contributed by atoms with Crippen LogP contribution < -0.4 is 15.4 Å². The molecule has 0 spiro atoms. The largest absolute Gasteiger partial charge is 0.488 e. The second kappa shape index (κ2) is 5.08. The van der Waals surface area contributed by atoms with Gasteiger partial charge in [-0.25, -0.2) is 4.79 Å². The zero-order valence-corrected chi connectivity index (χ0v) is 12.1. The summed E-state index contributed by atoms with van der Waals surface area (Å²) in [5, 5.41) is 13.4. The lowest BCUT2D eigenvalue weighted by atomic mass is 10.1. The zero-order valence-electron chi connectivity index (χ0n) is 12.1. The summed E-state index contributed by atoms with van der Waals surface area (Å²) in [4.78, 5) is 12.1. The molecule has 2 N–H and O–H groups in total. The minimum atomic E-state index is -0.323. The molecule has 0 aliphatic carbocycles. The highest BCUT2D eigenvalue weighted by molar-refractivity contribution is 5.89. The number of carbonyl (C=O) groups is 1. The van der Waals surface area contributed by atoms with Crippen LogP contribution in [0.1, 0.15) is 24.2 Å². The number of amides is 2. The zero-order chi connectivity index (χ0) is 15.0. The Morgan fingerprint density at radius 1 is 1.38 bits per heavy atom. The maximum Gasteiger partial charge on any atom is 0.321 e. The Kier molecular flexibility index (Phi) is 3.25. The van der Waals surface area contributed by atoms with E-state index < -0.39 is 0 Å². The molecular formula is C14H17N5O2. The predicted molar refractivity (Wildman–Crippen MR) is 77.2 cm³/mol. The van der Waals surface area contributed by atoms with Gasteiger partial charge in [-0.3, -0.25) is 10.00 Å². The molecule has 3 rings (SSSR count). The van der Waals surface area contributed by atoms with Crippen LogP contribution in [0.3, 0.4) is 0 Å². The number of rotatable bonds is 2. The van der Waals surface area contributed by atoms with Crippen molar-refractivity contribution in [2.75, 3.05) is 5.32 Å². The van der Waals surface area contributed by atoms with Crippen molar-refractivity contribution in [3.8, 4) is 5.75 Å². The van der Waals surface area contributed by atoms with Gasteiger partial charge in [0.1, 0.15) is 11.9 Å². The van der Waals surface area contributed by atoms with Crippen molar-refractivity contribution in [1.29, 1.82) is 0 Å². The summed E-state index contributed by atoms with van der Waals surface area (Å²) in [7, 11) is 1.77. The van der Waals surface area contributed by atoms with Crippen molar-refractivity contribution >= 4 is 11.8 Å². The highest BCUT2D eigenvalue weighted by Crippen LogP contribution is 2.36. The smallest absolute Gasteiger partial charge is 0.321 e. The summed E-state index contributed by atoms with van der Waals surface area (Å²) in [6, 6.07) is 7.19. The highest BCUT2D eigenvalue weighted by atomic mass is 16.5. The number of para-hydroxylation sites is 1. The van der Waals surface area contributed by atoms with Crippen LogP contribution in [0.15, 0.2) is 24.3 Å². The first-order valence-corrected chi connectivity index (χ1v) is 6.75. The first-order valence-electron chi connectivity index (χ1n) is 6.75. The Morgan fingerprint density at radius 2 is 2.14 bits per heavy atom. The average molecular weight is 287 g/mol. The lowest BCUT2D eigenvalue weighted by Crippen LogP contribution is -2.37. The van der Waals surface area contributed by atoms with Crippen LogP contribution in [0, 0.1) is 6.92 Å². The van der Waals surface area contributed by atoms with Crippen molar-refractivity contribution in [2.45, 2.75) is 26.0 Å². The lowest BCUT2D eigenvalue weighted by molar-refractivity contribution is 0.204. The fourth-order valence-corrected chi connectivity index (χ4v) is 2.37. The Balaban J connectivity index is 1.72. The van der Waals surface area contributed by atoms with Crippen LogP contribution in [0.4, 0.5) is 10.6 Å². The van der Waals surface area contributed by atoms with E-state index in [9.17, 15) is 4.79 Å². The fraction of sp³-hybridized carbons (Fsp3) is 0.357. The van der Waals surface area contributed by atoms with Gasteiger partial charge in [0, 0.05) is 12.6 Å². The quantitative estimate of drug-likeness (QED) is 0.882. The van der Waals surface area contributed by atoms with Gasteiger partial charge >= 0.3 is 6.03 Å². The van der Waals surface area contributed by atoms with Crippen LogP contribution in [0.25, 0.3) is 0 Å². The number of benzene rings is 1.